The van der Waals surface area contributed by atoms with E-state index in [1.54, 1.807) is 30.3 Å². The van der Waals surface area contributed by atoms with Gasteiger partial charge in [0.25, 0.3) is 11.8 Å². The fourth-order valence-electron chi connectivity index (χ4n) is 2.69. The highest BCUT2D eigenvalue weighted by Crippen LogP contribution is 2.29. The molecular weight excluding hydrogens is 338 g/mol. The predicted octanol–water partition coefficient (Wildman–Crippen LogP) is 2.81. The Morgan fingerprint density at radius 3 is 2.40 bits per heavy atom. The number of amides is 3. The molecule has 1 aliphatic heterocycles. The van der Waals surface area contributed by atoms with Crippen molar-refractivity contribution in [1.29, 1.82) is 5.26 Å². The van der Waals surface area contributed by atoms with Gasteiger partial charge in [0.15, 0.2) is 0 Å². The first-order chi connectivity index (χ1) is 12.0. The van der Waals surface area contributed by atoms with Crippen molar-refractivity contribution in [2.24, 2.45) is 0 Å². The van der Waals surface area contributed by atoms with Gasteiger partial charge in [-0.2, -0.15) is 5.26 Å². The van der Waals surface area contributed by atoms with Gasteiger partial charge in [-0.05, 0) is 31.5 Å². The molecule has 3 rings (SSSR count). The van der Waals surface area contributed by atoms with E-state index >= 15 is 0 Å². The number of imide groups is 1. The van der Waals surface area contributed by atoms with Gasteiger partial charge in [-0.3, -0.25) is 19.3 Å². The van der Waals surface area contributed by atoms with Gasteiger partial charge >= 0.3 is 0 Å². The van der Waals surface area contributed by atoms with Crippen LogP contribution in [-0.4, -0.2) is 28.7 Å². The van der Waals surface area contributed by atoms with Crippen molar-refractivity contribution in [3.8, 4) is 6.07 Å². The molecule has 6 nitrogen and oxygen atoms in total. The Morgan fingerprint density at radius 2 is 1.88 bits per heavy atom. The molecule has 1 aliphatic rings. The topological polar surface area (TPSA) is 90.3 Å². The van der Waals surface area contributed by atoms with Crippen molar-refractivity contribution in [3.63, 3.8) is 0 Å². The summed E-state index contributed by atoms with van der Waals surface area (Å²) < 4.78 is 0. The minimum atomic E-state index is -0.980. The number of anilines is 1. The molecule has 1 atom stereocenters. The molecule has 2 aromatic rings. The van der Waals surface area contributed by atoms with E-state index in [0.717, 1.165) is 16.2 Å². The third kappa shape index (κ3) is 2.81. The van der Waals surface area contributed by atoms with Crippen molar-refractivity contribution < 1.29 is 14.4 Å². The molecule has 1 aromatic carbocycles. The molecule has 7 heteroatoms. The molecule has 0 radical (unpaired) electrons. The molecule has 0 saturated carbocycles. The number of carbonyl (C=O) groups excluding carboxylic acids is 3. The van der Waals surface area contributed by atoms with E-state index in [1.165, 1.54) is 18.3 Å². The maximum Gasteiger partial charge on any atom is 0.262 e. The lowest BCUT2D eigenvalue weighted by molar-refractivity contribution is -0.119. The number of hydrogen-bond acceptors (Lipinski definition) is 5. The van der Waals surface area contributed by atoms with Crippen LogP contribution in [0.25, 0.3) is 0 Å². The highest BCUT2D eigenvalue weighted by molar-refractivity contribution is 7.16. The number of nitrogens with zero attached hydrogens (tertiary/aromatic N) is 2. The second-order valence-corrected chi connectivity index (χ2v) is 6.75. The summed E-state index contributed by atoms with van der Waals surface area (Å²) in [7, 11) is 0. The van der Waals surface area contributed by atoms with E-state index in [1.807, 2.05) is 13.0 Å². The van der Waals surface area contributed by atoms with Crippen LogP contribution in [-0.2, 0) is 11.2 Å². The first-order valence-electron chi connectivity index (χ1n) is 7.78. The lowest BCUT2D eigenvalue weighted by Gasteiger charge is -2.21. The number of thiophene rings is 1. The molecule has 1 N–H and O–H groups in total. The van der Waals surface area contributed by atoms with Gasteiger partial charge in [0.05, 0.1) is 16.7 Å². The summed E-state index contributed by atoms with van der Waals surface area (Å²) in [6, 6.07) is 9.29. The number of fused-ring (bicyclic) bond motifs is 1. The monoisotopic (exact) mass is 353 g/mol. The first-order valence-corrected chi connectivity index (χ1v) is 8.60. The zero-order valence-corrected chi connectivity index (χ0v) is 14.5. The number of nitrogens with one attached hydrogen (secondary N) is 1. The highest BCUT2D eigenvalue weighted by atomic mass is 32.1. The van der Waals surface area contributed by atoms with Crippen molar-refractivity contribution in [1.82, 2.24) is 4.90 Å². The van der Waals surface area contributed by atoms with Gasteiger partial charge < -0.3 is 5.32 Å². The third-order valence-corrected chi connectivity index (χ3v) is 5.28. The van der Waals surface area contributed by atoms with Gasteiger partial charge in [-0.15, -0.1) is 11.3 Å². The van der Waals surface area contributed by atoms with E-state index < -0.39 is 23.8 Å². The Kier molecular flexibility index (Phi) is 4.38. The van der Waals surface area contributed by atoms with Gasteiger partial charge in [0.2, 0.25) is 5.91 Å². The molecule has 1 aromatic heterocycles. The molecule has 0 fully saturated rings. The van der Waals surface area contributed by atoms with Crippen LogP contribution >= 0.6 is 11.3 Å². The lowest BCUT2D eigenvalue weighted by atomic mass is 10.1. The largest absolute Gasteiger partial charge is 0.315 e. The van der Waals surface area contributed by atoms with Crippen LogP contribution in [0.4, 0.5) is 5.00 Å². The number of rotatable bonds is 4. The molecule has 3 amide bonds. The Labute approximate surface area is 148 Å². The smallest absolute Gasteiger partial charge is 0.262 e. The zero-order chi connectivity index (χ0) is 18.1. The lowest BCUT2D eigenvalue weighted by Crippen LogP contribution is -2.45. The van der Waals surface area contributed by atoms with E-state index in [2.05, 4.69) is 5.32 Å². The SMILES string of the molecule is CCc1cc(C#N)c(NC(=O)C(C)N2C(=O)c3ccccc3C2=O)s1. The minimum absolute atomic E-state index is 0.300. The summed E-state index contributed by atoms with van der Waals surface area (Å²) in [6.45, 7) is 3.46. The van der Waals surface area contributed by atoms with Crippen molar-refractivity contribution in [2.45, 2.75) is 26.3 Å². The van der Waals surface area contributed by atoms with E-state index in [9.17, 15) is 19.6 Å². The summed E-state index contributed by atoms with van der Waals surface area (Å²) in [5.74, 6) is -1.47. The maximum absolute atomic E-state index is 12.5. The fourth-order valence-corrected chi connectivity index (χ4v) is 3.63. The molecule has 126 valence electrons. The maximum atomic E-state index is 12.5. The van der Waals surface area contributed by atoms with Crippen molar-refractivity contribution >= 4 is 34.1 Å². The normalized spacial score (nSPS) is 14.2. The number of carbonyl (C=O) groups is 3. The van der Waals surface area contributed by atoms with E-state index in [0.29, 0.717) is 21.7 Å². The van der Waals surface area contributed by atoms with Gasteiger partial charge in [0.1, 0.15) is 17.1 Å². The Bertz CT molecular complexity index is 891. The van der Waals surface area contributed by atoms with Crippen LogP contribution in [0.3, 0.4) is 0 Å². The molecule has 0 aliphatic carbocycles. The fraction of sp³-hybridized carbons (Fsp3) is 0.222. The zero-order valence-electron chi connectivity index (χ0n) is 13.7. The molecule has 0 saturated heterocycles. The Morgan fingerprint density at radius 1 is 1.28 bits per heavy atom. The van der Waals surface area contributed by atoms with E-state index in [-0.39, 0.29) is 0 Å². The Balaban J connectivity index is 1.83. The van der Waals surface area contributed by atoms with E-state index in [4.69, 9.17) is 0 Å². The average molecular weight is 353 g/mol. The third-order valence-electron chi connectivity index (χ3n) is 4.08. The summed E-state index contributed by atoms with van der Waals surface area (Å²) >= 11 is 1.32. The average Bonchev–Trinajstić information content (AvgIpc) is 3.13. The summed E-state index contributed by atoms with van der Waals surface area (Å²) in [6.07, 6.45) is 0.753. The number of benzene rings is 1. The number of aryl methyl sites for hydroxylation is 1. The first kappa shape index (κ1) is 16.9. The van der Waals surface area contributed by atoms with Crippen LogP contribution in [0.5, 0.6) is 0 Å². The number of hydrogen-bond donors (Lipinski definition) is 1. The summed E-state index contributed by atoms with van der Waals surface area (Å²) in [5, 5.41) is 12.3. The van der Waals surface area contributed by atoms with Crippen LogP contribution < -0.4 is 5.32 Å². The van der Waals surface area contributed by atoms with Gasteiger partial charge in [0, 0.05) is 4.88 Å². The van der Waals surface area contributed by atoms with Gasteiger partial charge in [-0.1, -0.05) is 19.1 Å². The molecule has 25 heavy (non-hydrogen) atoms. The number of nitriles is 1. The summed E-state index contributed by atoms with van der Waals surface area (Å²) in [4.78, 5) is 39.4. The van der Waals surface area contributed by atoms with Crippen LogP contribution in [0.1, 0.15) is 45.0 Å². The predicted molar refractivity (Wildman–Crippen MR) is 93.4 cm³/mol. The molecular formula is C18H15N3O3S. The van der Waals surface area contributed by atoms with Crippen molar-refractivity contribution in [2.75, 3.05) is 5.32 Å². The van der Waals surface area contributed by atoms with Crippen LogP contribution in [0.15, 0.2) is 30.3 Å². The summed E-state index contributed by atoms with van der Waals surface area (Å²) in [5.41, 5.74) is 0.980. The van der Waals surface area contributed by atoms with Crippen LogP contribution in [0, 0.1) is 11.3 Å². The highest BCUT2D eigenvalue weighted by Gasteiger charge is 2.40. The minimum Gasteiger partial charge on any atom is -0.315 e. The Hall–Kier alpha value is -2.98. The molecule has 1 unspecified atom stereocenters. The molecule has 2 heterocycles. The van der Waals surface area contributed by atoms with Crippen molar-refractivity contribution in [3.05, 3.63) is 51.9 Å². The van der Waals surface area contributed by atoms with Crippen LogP contribution in [0.2, 0.25) is 0 Å². The quantitative estimate of drug-likeness (QED) is 0.856. The second kappa shape index (κ2) is 6.49. The molecule has 0 bridgehead atoms. The standard InChI is InChI=1S/C18H15N3O3S/c1-3-12-8-11(9-19)16(25-12)20-15(22)10(2)21-17(23)13-6-4-5-7-14(13)18(21)24/h4-8,10H,3H2,1-2H3,(H,20,22). The van der Waals surface area contributed by atoms with Gasteiger partial charge in [-0.25, -0.2) is 0 Å². The second-order valence-electron chi connectivity index (χ2n) is 5.61. The molecule has 0 spiro atoms.